The van der Waals surface area contributed by atoms with Crippen LogP contribution in [0.25, 0.3) is 10.9 Å². The molecule has 0 saturated carbocycles. The van der Waals surface area contributed by atoms with Crippen LogP contribution in [0.15, 0.2) is 30.5 Å². The van der Waals surface area contributed by atoms with Crippen molar-refractivity contribution in [1.82, 2.24) is 9.88 Å². The number of H-pyrrole nitrogens is 1. The van der Waals surface area contributed by atoms with E-state index in [4.69, 9.17) is 5.73 Å². The van der Waals surface area contributed by atoms with Crippen molar-refractivity contribution in [3.63, 3.8) is 0 Å². The van der Waals surface area contributed by atoms with E-state index < -0.39 is 11.6 Å². The highest BCUT2D eigenvalue weighted by molar-refractivity contribution is 5.86. The monoisotopic (exact) mass is 289 g/mol. The number of likely N-dealkylation sites (N-methyl/N-ethyl adjacent to an activating group) is 1. The van der Waals surface area contributed by atoms with Gasteiger partial charge in [0.05, 0.1) is 18.2 Å². The van der Waals surface area contributed by atoms with Crippen molar-refractivity contribution in [2.24, 2.45) is 5.73 Å². The molecule has 5 nitrogen and oxygen atoms in total. The molecular weight excluding hydrogens is 266 g/mol. The van der Waals surface area contributed by atoms with Crippen molar-refractivity contribution >= 4 is 16.8 Å². The summed E-state index contributed by atoms with van der Waals surface area (Å²) in [5.41, 5.74) is 7.52. The Bertz CT molecular complexity index is 633. The molecule has 1 heterocycles. The predicted molar refractivity (Wildman–Crippen MR) is 83.9 cm³/mol. The van der Waals surface area contributed by atoms with Crippen molar-refractivity contribution in [3.8, 4) is 0 Å². The van der Waals surface area contributed by atoms with Crippen LogP contribution in [0.5, 0.6) is 0 Å². The molecule has 21 heavy (non-hydrogen) atoms. The minimum absolute atomic E-state index is 0.102. The fourth-order valence-electron chi connectivity index (χ4n) is 2.28. The van der Waals surface area contributed by atoms with Crippen LogP contribution in [0.1, 0.15) is 19.4 Å². The number of rotatable bonds is 5. The van der Waals surface area contributed by atoms with E-state index in [0.717, 1.165) is 16.5 Å². The van der Waals surface area contributed by atoms with Crippen LogP contribution in [0.2, 0.25) is 0 Å². The third-order valence-corrected chi connectivity index (χ3v) is 4.06. The molecule has 4 N–H and O–H groups in total. The quantitative estimate of drug-likeness (QED) is 0.775. The number of nitrogens with one attached hydrogen (secondary N) is 1. The van der Waals surface area contributed by atoms with E-state index in [-0.39, 0.29) is 12.5 Å². The maximum Gasteiger partial charge on any atom is 0.240 e. The normalized spacial score (nSPS) is 13.4. The van der Waals surface area contributed by atoms with Gasteiger partial charge in [-0.2, -0.15) is 0 Å². The standard InChI is InChI=1S/C16H23N3O2/c1-16(2,10-20)19(3)15(21)13(17)8-11-9-18-14-7-5-4-6-12(11)14/h4-7,9,13,18,20H,8,10,17H2,1-3H3. The molecule has 0 radical (unpaired) electrons. The number of fused-ring (bicyclic) bond motifs is 1. The maximum atomic E-state index is 12.4. The van der Waals surface area contributed by atoms with Crippen molar-refractivity contribution < 1.29 is 9.90 Å². The van der Waals surface area contributed by atoms with Gasteiger partial charge in [0.25, 0.3) is 0 Å². The number of nitrogens with two attached hydrogens (primary N) is 1. The molecule has 0 bridgehead atoms. The lowest BCUT2D eigenvalue weighted by Gasteiger charge is -2.35. The van der Waals surface area contributed by atoms with E-state index in [1.165, 1.54) is 4.90 Å². The third kappa shape index (κ3) is 3.09. The number of nitrogens with zero attached hydrogens (tertiary/aromatic N) is 1. The zero-order valence-electron chi connectivity index (χ0n) is 12.8. The molecule has 1 atom stereocenters. The van der Waals surface area contributed by atoms with Gasteiger partial charge in [-0.05, 0) is 31.9 Å². The van der Waals surface area contributed by atoms with Gasteiger partial charge >= 0.3 is 0 Å². The van der Waals surface area contributed by atoms with Crippen molar-refractivity contribution in [2.75, 3.05) is 13.7 Å². The van der Waals surface area contributed by atoms with E-state index in [2.05, 4.69) is 4.98 Å². The lowest BCUT2D eigenvalue weighted by molar-refractivity contribution is -0.137. The molecular formula is C16H23N3O2. The first-order valence-electron chi connectivity index (χ1n) is 7.06. The smallest absolute Gasteiger partial charge is 0.240 e. The largest absolute Gasteiger partial charge is 0.394 e. The first kappa shape index (κ1) is 15.5. The predicted octanol–water partition coefficient (Wildman–Crippen LogP) is 1.27. The van der Waals surface area contributed by atoms with Gasteiger partial charge in [-0.1, -0.05) is 18.2 Å². The SMILES string of the molecule is CN(C(=O)C(N)Cc1c[nH]c2ccccc12)C(C)(C)CO. The average molecular weight is 289 g/mol. The van der Waals surface area contributed by atoms with Crippen LogP contribution < -0.4 is 5.73 Å². The Labute approximate surface area is 124 Å². The molecule has 0 aliphatic carbocycles. The summed E-state index contributed by atoms with van der Waals surface area (Å²) >= 11 is 0. The summed E-state index contributed by atoms with van der Waals surface area (Å²) in [5, 5.41) is 10.4. The van der Waals surface area contributed by atoms with E-state index in [1.54, 1.807) is 7.05 Å². The fraction of sp³-hybridized carbons (Fsp3) is 0.438. The molecule has 0 saturated heterocycles. The second-order valence-corrected chi connectivity index (χ2v) is 6.04. The lowest BCUT2D eigenvalue weighted by atomic mass is 10.0. The van der Waals surface area contributed by atoms with Gasteiger partial charge < -0.3 is 20.7 Å². The van der Waals surface area contributed by atoms with Crippen LogP contribution in [0, 0.1) is 0 Å². The van der Waals surface area contributed by atoms with E-state index in [0.29, 0.717) is 6.42 Å². The number of aromatic nitrogens is 1. The second kappa shape index (κ2) is 5.87. The summed E-state index contributed by atoms with van der Waals surface area (Å²) in [4.78, 5) is 17.1. The van der Waals surface area contributed by atoms with Gasteiger partial charge in [-0.3, -0.25) is 4.79 Å². The van der Waals surface area contributed by atoms with Crippen LogP contribution in [-0.2, 0) is 11.2 Å². The van der Waals surface area contributed by atoms with Crippen LogP contribution in [-0.4, -0.2) is 46.1 Å². The number of carbonyl (C=O) groups is 1. The number of aliphatic hydroxyl groups excluding tert-OH is 1. The number of carbonyl (C=O) groups excluding carboxylic acids is 1. The van der Waals surface area contributed by atoms with Gasteiger partial charge in [0, 0.05) is 24.1 Å². The molecule has 1 aromatic carbocycles. The Balaban J connectivity index is 2.14. The number of para-hydroxylation sites is 1. The van der Waals surface area contributed by atoms with Gasteiger partial charge in [0.2, 0.25) is 5.91 Å². The maximum absolute atomic E-state index is 12.4. The van der Waals surface area contributed by atoms with Crippen molar-refractivity contribution in [3.05, 3.63) is 36.0 Å². The highest BCUT2D eigenvalue weighted by Gasteiger charge is 2.30. The van der Waals surface area contributed by atoms with Crippen molar-refractivity contribution in [1.29, 1.82) is 0 Å². The summed E-state index contributed by atoms with van der Waals surface area (Å²) in [6.07, 6.45) is 2.36. The van der Waals surface area contributed by atoms with Crippen molar-refractivity contribution in [2.45, 2.75) is 31.8 Å². The molecule has 1 aromatic heterocycles. The molecule has 5 heteroatoms. The summed E-state index contributed by atoms with van der Waals surface area (Å²) in [7, 11) is 1.67. The van der Waals surface area contributed by atoms with Crippen LogP contribution in [0.3, 0.4) is 0 Å². The minimum atomic E-state index is -0.625. The fourth-order valence-corrected chi connectivity index (χ4v) is 2.28. The van der Waals surface area contributed by atoms with Gasteiger partial charge in [-0.15, -0.1) is 0 Å². The summed E-state index contributed by atoms with van der Waals surface area (Å²) in [5.74, 6) is -0.167. The Morgan fingerprint density at radius 1 is 1.43 bits per heavy atom. The first-order valence-corrected chi connectivity index (χ1v) is 7.06. The summed E-state index contributed by atoms with van der Waals surface area (Å²) in [6.45, 7) is 3.52. The van der Waals surface area contributed by atoms with E-state index >= 15 is 0 Å². The Morgan fingerprint density at radius 2 is 2.10 bits per heavy atom. The Hall–Kier alpha value is -1.85. The second-order valence-electron chi connectivity index (χ2n) is 6.04. The zero-order valence-corrected chi connectivity index (χ0v) is 12.8. The number of aliphatic hydroxyl groups is 1. The number of benzene rings is 1. The third-order valence-electron chi connectivity index (χ3n) is 4.06. The average Bonchev–Trinajstić information content (AvgIpc) is 2.89. The molecule has 1 amide bonds. The highest BCUT2D eigenvalue weighted by Crippen LogP contribution is 2.20. The van der Waals surface area contributed by atoms with Crippen LogP contribution in [0.4, 0.5) is 0 Å². The number of aromatic amines is 1. The Kier molecular flexibility index (Phi) is 4.34. The molecule has 0 spiro atoms. The van der Waals surface area contributed by atoms with Gasteiger partial charge in [-0.25, -0.2) is 0 Å². The molecule has 114 valence electrons. The lowest BCUT2D eigenvalue weighted by Crippen LogP contribution is -2.53. The molecule has 1 unspecified atom stereocenters. The van der Waals surface area contributed by atoms with E-state index in [9.17, 15) is 9.90 Å². The first-order chi connectivity index (χ1) is 9.86. The molecule has 2 aromatic rings. The number of hydrogen-bond donors (Lipinski definition) is 3. The molecule has 0 aliphatic rings. The minimum Gasteiger partial charge on any atom is -0.394 e. The number of hydrogen-bond acceptors (Lipinski definition) is 3. The topological polar surface area (TPSA) is 82.3 Å². The number of amides is 1. The molecule has 0 fully saturated rings. The van der Waals surface area contributed by atoms with Gasteiger partial charge in [0.15, 0.2) is 0 Å². The van der Waals surface area contributed by atoms with E-state index in [1.807, 2.05) is 44.3 Å². The summed E-state index contributed by atoms with van der Waals surface area (Å²) in [6, 6.07) is 7.31. The van der Waals surface area contributed by atoms with Gasteiger partial charge in [0.1, 0.15) is 0 Å². The summed E-state index contributed by atoms with van der Waals surface area (Å²) < 4.78 is 0. The zero-order chi connectivity index (χ0) is 15.6. The Morgan fingerprint density at radius 3 is 2.76 bits per heavy atom. The molecule has 0 aliphatic heterocycles. The van der Waals surface area contributed by atoms with Crippen LogP contribution >= 0.6 is 0 Å². The molecule has 2 rings (SSSR count). The highest BCUT2D eigenvalue weighted by atomic mass is 16.3.